The summed E-state index contributed by atoms with van der Waals surface area (Å²) in [5, 5.41) is 2.87. The van der Waals surface area contributed by atoms with Gasteiger partial charge in [-0.15, -0.1) is 0 Å². The maximum atomic E-state index is 13.1. The second kappa shape index (κ2) is 8.83. The fourth-order valence-corrected chi connectivity index (χ4v) is 3.02. The Morgan fingerprint density at radius 3 is 2.70 bits per heavy atom. The molecule has 1 aliphatic heterocycles. The van der Waals surface area contributed by atoms with E-state index in [1.54, 1.807) is 44.6 Å². The molecule has 0 bridgehead atoms. The first-order valence-electron chi connectivity index (χ1n) is 8.70. The summed E-state index contributed by atoms with van der Waals surface area (Å²) in [6.07, 6.45) is -0.178. The van der Waals surface area contributed by atoms with Crippen molar-refractivity contribution >= 4 is 11.6 Å². The van der Waals surface area contributed by atoms with Crippen molar-refractivity contribution in [3.8, 4) is 11.5 Å². The minimum atomic E-state index is -0.278. The SMILES string of the molecule is COc1ccc(NC(=O)CN2CCOC(c3ccc(F)cc3)C2)c(OC)c1. The molecule has 144 valence electrons. The van der Waals surface area contributed by atoms with Crippen molar-refractivity contribution in [3.05, 3.63) is 53.8 Å². The monoisotopic (exact) mass is 374 g/mol. The maximum Gasteiger partial charge on any atom is 0.238 e. The molecular weight excluding hydrogens is 351 g/mol. The van der Waals surface area contributed by atoms with Gasteiger partial charge in [-0.25, -0.2) is 4.39 Å². The number of hydrogen-bond donors (Lipinski definition) is 1. The van der Waals surface area contributed by atoms with E-state index in [-0.39, 0.29) is 24.4 Å². The fraction of sp³-hybridized carbons (Fsp3) is 0.350. The highest BCUT2D eigenvalue weighted by atomic mass is 19.1. The zero-order chi connectivity index (χ0) is 19.2. The van der Waals surface area contributed by atoms with Crippen LogP contribution in [-0.2, 0) is 9.53 Å². The molecule has 1 fully saturated rings. The lowest BCUT2D eigenvalue weighted by Gasteiger charge is -2.32. The van der Waals surface area contributed by atoms with Gasteiger partial charge in [-0.2, -0.15) is 0 Å². The van der Waals surface area contributed by atoms with Gasteiger partial charge in [0.1, 0.15) is 17.3 Å². The third-order valence-electron chi connectivity index (χ3n) is 4.44. The van der Waals surface area contributed by atoms with Gasteiger partial charge in [0.2, 0.25) is 5.91 Å². The van der Waals surface area contributed by atoms with E-state index in [4.69, 9.17) is 14.2 Å². The molecule has 1 heterocycles. The first-order chi connectivity index (χ1) is 13.1. The molecule has 3 rings (SSSR count). The van der Waals surface area contributed by atoms with E-state index in [1.165, 1.54) is 12.1 Å². The molecule has 0 spiro atoms. The molecule has 1 N–H and O–H groups in total. The summed E-state index contributed by atoms with van der Waals surface area (Å²) >= 11 is 0. The Morgan fingerprint density at radius 1 is 1.22 bits per heavy atom. The van der Waals surface area contributed by atoms with Gasteiger partial charge in [0.25, 0.3) is 0 Å². The summed E-state index contributed by atoms with van der Waals surface area (Å²) in [4.78, 5) is 14.5. The molecule has 27 heavy (non-hydrogen) atoms. The fourth-order valence-electron chi connectivity index (χ4n) is 3.02. The Hall–Kier alpha value is -2.64. The van der Waals surface area contributed by atoms with Gasteiger partial charge in [0.15, 0.2) is 0 Å². The second-order valence-corrected chi connectivity index (χ2v) is 6.26. The number of methoxy groups -OCH3 is 2. The number of amides is 1. The summed E-state index contributed by atoms with van der Waals surface area (Å²) < 4.78 is 29.3. The van der Waals surface area contributed by atoms with Crippen molar-refractivity contribution in [2.75, 3.05) is 45.8 Å². The van der Waals surface area contributed by atoms with Crippen molar-refractivity contribution in [2.24, 2.45) is 0 Å². The summed E-state index contributed by atoms with van der Waals surface area (Å²) in [5.74, 6) is 0.770. The highest BCUT2D eigenvalue weighted by Crippen LogP contribution is 2.29. The minimum absolute atomic E-state index is 0.141. The van der Waals surface area contributed by atoms with E-state index < -0.39 is 0 Å². The van der Waals surface area contributed by atoms with Gasteiger partial charge >= 0.3 is 0 Å². The van der Waals surface area contributed by atoms with Crippen LogP contribution < -0.4 is 14.8 Å². The molecule has 1 amide bonds. The first kappa shape index (κ1) is 19.1. The quantitative estimate of drug-likeness (QED) is 0.843. The molecule has 1 aliphatic rings. The number of anilines is 1. The van der Waals surface area contributed by atoms with Crippen LogP contribution in [0.15, 0.2) is 42.5 Å². The number of ether oxygens (including phenoxy) is 3. The van der Waals surface area contributed by atoms with E-state index in [0.717, 1.165) is 5.56 Å². The van der Waals surface area contributed by atoms with Crippen LogP contribution in [0.3, 0.4) is 0 Å². The Morgan fingerprint density at radius 2 is 2.00 bits per heavy atom. The van der Waals surface area contributed by atoms with Gasteiger partial charge in [0.05, 0.1) is 39.2 Å². The third kappa shape index (κ3) is 4.96. The molecule has 0 aromatic heterocycles. The van der Waals surface area contributed by atoms with Crippen molar-refractivity contribution < 1.29 is 23.4 Å². The Bertz CT molecular complexity index is 782. The zero-order valence-electron chi connectivity index (χ0n) is 15.4. The van der Waals surface area contributed by atoms with Crippen LogP contribution in [-0.4, -0.2) is 51.3 Å². The lowest BCUT2D eigenvalue weighted by Crippen LogP contribution is -2.42. The summed E-state index contributed by atoms with van der Waals surface area (Å²) in [7, 11) is 3.11. The highest BCUT2D eigenvalue weighted by Gasteiger charge is 2.23. The summed E-state index contributed by atoms with van der Waals surface area (Å²) in [6.45, 7) is 1.97. The normalized spacial score (nSPS) is 17.4. The number of morpholine rings is 1. The van der Waals surface area contributed by atoms with Crippen molar-refractivity contribution in [1.82, 2.24) is 4.90 Å². The van der Waals surface area contributed by atoms with Crippen LogP contribution in [0.5, 0.6) is 11.5 Å². The standard InChI is InChI=1S/C20H23FN2O4/c1-25-16-7-8-17(18(11-16)26-2)22-20(24)13-23-9-10-27-19(12-23)14-3-5-15(21)6-4-14/h3-8,11,19H,9-10,12-13H2,1-2H3,(H,22,24). The van der Waals surface area contributed by atoms with Gasteiger partial charge in [0, 0.05) is 19.2 Å². The zero-order valence-corrected chi connectivity index (χ0v) is 15.4. The maximum absolute atomic E-state index is 13.1. The van der Waals surface area contributed by atoms with Crippen LogP contribution in [0, 0.1) is 5.82 Å². The molecule has 6 nitrogen and oxygen atoms in total. The largest absolute Gasteiger partial charge is 0.497 e. The minimum Gasteiger partial charge on any atom is -0.497 e. The van der Waals surface area contributed by atoms with E-state index in [0.29, 0.717) is 36.9 Å². The van der Waals surface area contributed by atoms with Gasteiger partial charge in [-0.3, -0.25) is 9.69 Å². The number of benzene rings is 2. The van der Waals surface area contributed by atoms with E-state index in [9.17, 15) is 9.18 Å². The molecule has 1 unspecified atom stereocenters. The van der Waals surface area contributed by atoms with E-state index in [1.807, 2.05) is 4.90 Å². The summed E-state index contributed by atoms with van der Waals surface area (Å²) in [6, 6.07) is 11.5. The number of nitrogens with zero attached hydrogens (tertiary/aromatic N) is 1. The number of rotatable bonds is 6. The predicted octanol–water partition coefficient (Wildman–Crippen LogP) is 2.85. The average molecular weight is 374 g/mol. The van der Waals surface area contributed by atoms with Crippen LogP contribution in [0.4, 0.5) is 10.1 Å². The topological polar surface area (TPSA) is 60.0 Å². The number of carbonyl (C=O) groups excluding carboxylic acids is 1. The molecule has 2 aromatic rings. The van der Waals surface area contributed by atoms with Crippen LogP contribution >= 0.6 is 0 Å². The van der Waals surface area contributed by atoms with Crippen molar-refractivity contribution in [3.63, 3.8) is 0 Å². The number of nitrogens with one attached hydrogen (secondary N) is 1. The Balaban J connectivity index is 1.60. The Kier molecular flexibility index (Phi) is 6.26. The van der Waals surface area contributed by atoms with Crippen molar-refractivity contribution in [1.29, 1.82) is 0 Å². The van der Waals surface area contributed by atoms with E-state index >= 15 is 0 Å². The highest BCUT2D eigenvalue weighted by molar-refractivity contribution is 5.93. The number of halogens is 1. The molecule has 1 saturated heterocycles. The lowest BCUT2D eigenvalue weighted by atomic mass is 10.1. The molecule has 0 radical (unpaired) electrons. The summed E-state index contributed by atoms with van der Waals surface area (Å²) in [5.41, 5.74) is 1.49. The van der Waals surface area contributed by atoms with Crippen LogP contribution in [0.25, 0.3) is 0 Å². The molecule has 7 heteroatoms. The average Bonchev–Trinajstić information content (AvgIpc) is 2.69. The third-order valence-corrected chi connectivity index (χ3v) is 4.44. The van der Waals surface area contributed by atoms with Crippen LogP contribution in [0.2, 0.25) is 0 Å². The predicted molar refractivity (Wildman–Crippen MR) is 99.7 cm³/mol. The second-order valence-electron chi connectivity index (χ2n) is 6.26. The van der Waals surface area contributed by atoms with Crippen molar-refractivity contribution in [2.45, 2.75) is 6.10 Å². The molecule has 0 aliphatic carbocycles. The van der Waals surface area contributed by atoms with Gasteiger partial charge < -0.3 is 19.5 Å². The van der Waals surface area contributed by atoms with E-state index in [2.05, 4.69) is 5.32 Å². The molecule has 0 saturated carbocycles. The molecular formula is C20H23FN2O4. The number of carbonyl (C=O) groups is 1. The number of hydrogen-bond acceptors (Lipinski definition) is 5. The van der Waals surface area contributed by atoms with Gasteiger partial charge in [-0.1, -0.05) is 12.1 Å². The van der Waals surface area contributed by atoms with Crippen LogP contribution in [0.1, 0.15) is 11.7 Å². The first-order valence-corrected chi connectivity index (χ1v) is 8.70. The van der Waals surface area contributed by atoms with Gasteiger partial charge in [-0.05, 0) is 29.8 Å². The molecule has 1 atom stereocenters. The Labute approximate surface area is 157 Å². The molecule has 2 aromatic carbocycles. The lowest BCUT2D eigenvalue weighted by molar-refractivity contribution is -0.119. The smallest absolute Gasteiger partial charge is 0.238 e.